The van der Waals surface area contributed by atoms with Gasteiger partial charge >= 0.3 is 0 Å². The van der Waals surface area contributed by atoms with Gasteiger partial charge in [0.1, 0.15) is 11.6 Å². The first-order chi connectivity index (χ1) is 12.0. The molecule has 1 atom stereocenters. The van der Waals surface area contributed by atoms with Gasteiger partial charge in [-0.05, 0) is 31.0 Å². The van der Waals surface area contributed by atoms with Crippen molar-refractivity contribution in [1.82, 2.24) is 10.2 Å². The number of halogens is 2. The first-order valence-electron chi connectivity index (χ1n) is 8.13. The Morgan fingerprint density at radius 3 is 2.88 bits per heavy atom. The number of carbonyl (C=O) groups is 2. The maximum atomic E-state index is 13.3. The summed E-state index contributed by atoms with van der Waals surface area (Å²) in [5, 5.41) is 9.72. The molecule has 0 radical (unpaired) electrons. The molecular formula is C17H16ClFN4O2. The zero-order chi connectivity index (χ0) is 17.6. The highest BCUT2D eigenvalue weighted by molar-refractivity contribution is 6.31. The van der Waals surface area contributed by atoms with Crippen molar-refractivity contribution in [3.8, 4) is 0 Å². The van der Waals surface area contributed by atoms with Crippen LogP contribution < -0.4 is 10.2 Å². The highest BCUT2D eigenvalue weighted by atomic mass is 35.5. The van der Waals surface area contributed by atoms with Crippen molar-refractivity contribution in [2.24, 2.45) is 5.92 Å². The summed E-state index contributed by atoms with van der Waals surface area (Å²) < 4.78 is 13.3. The number of hydrogen-bond donors (Lipinski definition) is 2. The third-order valence-corrected chi connectivity index (χ3v) is 4.85. The molecule has 0 bridgehead atoms. The number of anilines is 2. The fourth-order valence-corrected chi connectivity index (χ4v) is 3.18. The van der Waals surface area contributed by atoms with Crippen LogP contribution >= 0.6 is 11.6 Å². The van der Waals surface area contributed by atoms with Crippen LogP contribution in [0.2, 0.25) is 5.02 Å². The van der Waals surface area contributed by atoms with Crippen molar-refractivity contribution in [1.29, 1.82) is 0 Å². The molecule has 6 nitrogen and oxygen atoms in total. The van der Waals surface area contributed by atoms with Crippen molar-refractivity contribution in [2.75, 3.05) is 16.8 Å². The molecule has 2 heterocycles. The molecule has 0 spiro atoms. The molecule has 1 aliphatic heterocycles. The minimum absolute atomic E-state index is 0.0525. The number of carbonyl (C=O) groups excluding carboxylic acids is 2. The molecular weight excluding hydrogens is 347 g/mol. The lowest BCUT2D eigenvalue weighted by atomic mass is 10.1. The molecule has 1 saturated carbocycles. The van der Waals surface area contributed by atoms with Gasteiger partial charge in [-0.25, -0.2) is 4.39 Å². The van der Waals surface area contributed by atoms with Crippen molar-refractivity contribution in [2.45, 2.75) is 25.2 Å². The second-order valence-corrected chi connectivity index (χ2v) is 6.88. The Hall–Kier alpha value is -2.41. The number of aromatic amines is 1. The second-order valence-electron chi connectivity index (χ2n) is 6.47. The normalized spacial score (nSPS) is 20.2. The van der Waals surface area contributed by atoms with Crippen LogP contribution in [0, 0.1) is 11.7 Å². The number of H-pyrrole nitrogens is 1. The van der Waals surface area contributed by atoms with Gasteiger partial charge < -0.3 is 10.2 Å². The van der Waals surface area contributed by atoms with Crippen LogP contribution in [0.1, 0.15) is 30.9 Å². The Morgan fingerprint density at radius 2 is 2.16 bits per heavy atom. The molecule has 4 rings (SSSR count). The number of aromatic nitrogens is 2. The molecule has 1 aromatic heterocycles. The largest absolute Gasteiger partial charge is 0.312 e. The molecule has 0 unspecified atom stereocenters. The summed E-state index contributed by atoms with van der Waals surface area (Å²) in [6, 6.07) is 5.92. The van der Waals surface area contributed by atoms with Gasteiger partial charge in [0, 0.05) is 30.6 Å². The van der Waals surface area contributed by atoms with E-state index in [0.29, 0.717) is 17.4 Å². The lowest BCUT2D eigenvalue weighted by Gasteiger charge is -2.17. The van der Waals surface area contributed by atoms with Gasteiger partial charge in [0.15, 0.2) is 0 Å². The first-order valence-corrected chi connectivity index (χ1v) is 8.50. The molecule has 1 saturated heterocycles. The van der Waals surface area contributed by atoms with Crippen LogP contribution in [-0.4, -0.2) is 28.6 Å². The van der Waals surface area contributed by atoms with Crippen molar-refractivity contribution < 1.29 is 14.0 Å². The van der Waals surface area contributed by atoms with Gasteiger partial charge in [0.05, 0.1) is 16.6 Å². The van der Waals surface area contributed by atoms with Crippen LogP contribution in [0.25, 0.3) is 0 Å². The quantitative estimate of drug-likeness (QED) is 0.877. The summed E-state index contributed by atoms with van der Waals surface area (Å²) >= 11 is 5.78. The summed E-state index contributed by atoms with van der Waals surface area (Å²) in [5.41, 5.74) is 1.45. The van der Waals surface area contributed by atoms with E-state index in [1.165, 1.54) is 23.1 Å². The molecule has 25 heavy (non-hydrogen) atoms. The van der Waals surface area contributed by atoms with Gasteiger partial charge in [-0.1, -0.05) is 11.6 Å². The molecule has 130 valence electrons. The van der Waals surface area contributed by atoms with Crippen LogP contribution in [-0.2, 0) is 9.59 Å². The number of hydrogen-bond acceptors (Lipinski definition) is 3. The molecule has 2 aliphatic rings. The summed E-state index contributed by atoms with van der Waals surface area (Å²) in [5.74, 6) is -0.418. The summed E-state index contributed by atoms with van der Waals surface area (Å²) in [6.45, 7) is 0.232. The molecule has 2 amide bonds. The predicted octanol–water partition coefficient (Wildman–Crippen LogP) is 3.07. The smallest absolute Gasteiger partial charge is 0.230 e. The maximum Gasteiger partial charge on any atom is 0.230 e. The van der Waals surface area contributed by atoms with E-state index in [4.69, 9.17) is 11.6 Å². The number of benzene rings is 1. The Kier molecular flexibility index (Phi) is 3.95. The van der Waals surface area contributed by atoms with E-state index in [2.05, 4.69) is 15.5 Å². The van der Waals surface area contributed by atoms with Crippen molar-refractivity contribution in [3.05, 3.63) is 40.8 Å². The van der Waals surface area contributed by atoms with E-state index in [-0.39, 0.29) is 29.8 Å². The van der Waals surface area contributed by atoms with Crippen LogP contribution in [0.15, 0.2) is 24.3 Å². The number of rotatable bonds is 4. The SMILES string of the molecule is O=C(Nc1cc(C2CC2)n[nH]1)[C@H]1CC(=O)N(c2ccc(F)c(Cl)c2)C1. The predicted molar refractivity (Wildman–Crippen MR) is 91.1 cm³/mol. The van der Waals surface area contributed by atoms with Crippen LogP contribution in [0.5, 0.6) is 0 Å². The average Bonchev–Trinajstić information content (AvgIpc) is 3.21. The van der Waals surface area contributed by atoms with E-state index in [1.807, 2.05) is 6.07 Å². The monoisotopic (exact) mass is 362 g/mol. The molecule has 1 aromatic carbocycles. The fourth-order valence-electron chi connectivity index (χ4n) is 3.01. The van der Waals surface area contributed by atoms with E-state index >= 15 is 0 Å². The number of amides is 2. The highest BCUT2D eigenvalue weighted by Crippen LogP contribution is 2.39. The minimum Gasteiger partial charge on any atom is -0.312 e. The summed E-state index contributed by atoms with van der Waals surface area (Å²) in [7, 11) is 0. The van der Waals surface area contributed by atoms with Crippen molar-refractivity contribution in [3.63, 3.8) is 0 Å². The average molecular weight is 363 g/mol. The summed E-state index contributed by atoms with van der Waals surface area (Å²) in [6.07, 6.45) is 2.36. The standard InChI is InChI=1S/C17H16ClFN4O2/c18-12-6-11(3-4-13(12)19)23-8-10(5-16(23)24)17(25)20-15-7-14(21-22-15)9-1-2-9/h3-4,6-7,9-10H,1-2,5,8H2,(H2,20,21,22,25)/t10-/m0/s1. The first kappa shape index (κ1) is 16.1. The Balaban J connectivity index is 1.43. The molecule has 1 aliphatic carbocycles. The van der Waals surface area contributed by atoms with Gasteiger partial charge in [-0.15, -0.1) is 0 Å². The maximum absolute atomic E-state index is 13.3. The molecule has 2 aromatic rings. The molecule has 2 fully saturated rings. The van der Waals surface area contributed by atoms with Crippen LogP contribution in [0.4, 0.5) is 15.9 Å². The minimum atomic E-state index is -0.544. The molecule has 2 N–H and O–H groups in total. The Labute approximate surface area is 148 Å². The topological polar surface area (TPSA) is 78.1 Å². The van der Waals surface area contributed by atoms with Gasteiger partial charge in [-0.2, -0.15) is 5.10 Å². The third kappa shape index (κ3) is 3.24. The van der Waals surface area contributed by atoms with E-state index in [9.17, 15) is 14.0 Å². The zero-order valence-corrected chi connectivity index (χ0v) is 14.0. The van der Waals surface area contributed by atoms with E-state index in [0.717, 1.165) is 18.5 Å². The Morgan fingerprint density at radius 1 is 1.36 bits per heavy atom. The van der Waals surface area contributed by atoms with E-state index < -0.39 is 11.7 Å². The van der Waals surface area contributed by atoms with Crippen LogP contribution in [0.3, 0.4) is 0 Å². The second kappa shape index (κ2) is 6.15. The number of nitrogens with zero attached hydrogens (tertiary/aromatic N) is 2. The zero-order valence-electron chi connectivity index (χ0n) is 13.3. The van der Waals surface area contributed by atoms with Gasteiger partial charge in [0.25, 0.3) is 0 Å². The van der Waals surface area contributed by atoms with Gasteiger partial charge in [-0.3, -0.25) is 14.7 Å². The van der Waals surface area contributed by atoms with Gasteiger partial charge in [0.2, 0.25) is 11.8 Å². The molecule has 8 heteroatoms. The lowest BCUT2D eigenvalue weighted by molar-refractivity contribution is -0.122. The lowest BCUT2D eigenvalue weighted by Crippen LogP contribution is -2.28. The number of nitrogens with one attached hydrogen (secondary N) is 2. The third-order valence-electron chi connectivity index (χ3n) is 4.56. The fraction of sp³-hybridized carbons (Fsp3) is 0.353. The highest BCUT2D eigenvalue weighted by Gasteiger charge is 2.35. The summed E-state index contributed by atoms with van der Waals surface area (Å²) in [4.78, 5) is 26.1. The van der Waals surface area contributed by atoms with E-state index in [1.54, 1.807) is 0 Å². The van der Waals surface area contributed by atoms with Crippen molar-refractivity contribution >= 4 is 34.9 Å². The Bertz CT molecular complexity index is 849.